The first kappa shape index (κ1) is 20.2. The Morgan fingerprint density at radius 2 is 1.92 bits per heavy atom. The van der Waals surface area contributed by atoms with Crippen LogP contribution in [0.5, 0.6) is 0 Å². The van der Waals surface area contributed by atoms with E-state index in [4.69, 9.17) is 4.74 Å². The topological polar surface area (TPSA) is 76.0 Å². The fraction of sp³-hybridized carbons (Fsp3) is 0.450. The number of thioether (sulfide) groups is 1. The number of hydrogen-bond donors (Lipinski definition) is 1. The lowest BCUT2D eigenvalue weighted by atomic mass is 9.97. The van der Waals surface area contributed by atoms with E-state index in [0.29, 0.717) is 30.9 Å². The number of aliphatic hydroxyl groups is 1. The average molecular weight is 375 g/mol. The number of aliphatic hydroxyl groups excluding tert-OH is 1. The predicted octanol–water partition coefficient (Wildman–Crippen LogP) is 4.23. The minimum absolute atomic E-state index is 0.0367. The second-order valence-electron chi connectivity index (χ2n) is 7.08. The van der Waals surface area contributed by atoms with E-state index in [-0.39, 0.29) is 28.8 Å². The first-order valence-electron chi connectivity index (χ1n) is 8.65. The molecule has 0 aromatic heterocycles. The van der Waals surface area contributed by atoms with Crippen molar-refractivity contribution < 1.29 is 19.4 Å². The number of carbonyl (C=O) groups excluding carboxylic acids is 2. The van der Waals surface area contributed by atoms with E-state index in [1.165, 1.54) is 0 Å². The number of nitrogens with zero attached hydrogens (tertiary/aromatic N) is 1. The Balaban J connectivity index is 2.19. The summed E-state index contributed by atoms with van der Waals surface area (Å²) in [5, 5.41) is 10.6. The molecule has 0 bridgehead atoms. The Labute approximate surface area is 158 Å². The standard InChI is InChI=1S/C20H25NO4S/c1-20(2,3)25-17(24)13-26-19(18-15(22)10-7-11-16(18)23)21-12-14-8-5-4-6-9-14/h4-6,8-9,22H,7,10-13H2,1-3H3. The molecule has 26 heavy (non-hydrogen) atoms. The van der Waals surface area contributed by atoms with Crippen molar-refractivity contribution in [1.82, 2.24) is 0 Å². The molecule has 1 aliphatic rings. The number of hydrogen-bond acceptors (Lipinski definition) is 6. The maximum Gasteiger partial charge on any atom is 0.316 e. The smallest absolute Gasteiger partial charge is 0.316 e. The third kappa shape index (κ3) is 6.33. The zero-order valence-corrected chi connectivity index (χ0v) is 16.3. The highest BCUT2D eigenvalue weighted by Crippen LogP contribution is 2.26. The predicted molar refractivity (Wildman–Crippen MR) is 104 cm³/mol. The normalized spacial score (nSPS) is 16.0. The first-order valence-corrected chi connectivity index (χ1v) is 9.63. The van der Waals surface area contributed by atoms with Gasteiger partial charge in [-0.25, -0.2) is 0 Å². The van der Waals surface area contributed by atoms with Gasteiger partial charge in [0, 0.05) is 12.8 Å². The molecule has 0 unspecified atom stereocenters. The Bertz CT molecular complexity index is 717. The molecule has 1 aromatic carbocycles. The SMILES string of the molecule is CC(C)(C)OC(=O)CSC(=NCc1ccccc1)C1=C(O)CCCC1=O. The number of aliphatic imine (C=N–C) groups is 1. The zero-order chi connectivity index (χ0) is 19.2. The molecule has 1 aliphatic carbocycles. The third-order valence-electron chi connectivity index (χ3n) is 3.59. The fourth-order valence-electron chi connectivity index (χ4n) is 2.51. The molecular weight excluding hydrogens is 350 g/mol. The van der Waals surface area contributed by atoms with Crippen LogP contribution in [0.25, 0.3) is 0 Å². The summed E-state index contributed by atoms with van der Waals surface area (Å²) in [6.07, 6.45) is 1.48. The molecular formula is C20H25NO4S. The molecule has 0 saturated carbocycles. The van der Waals surface area contributed by atoms with Crippen molar-refractivity contribution >= 4 is 28.6 Å². The number of Topliss-reactive ketones (excluding diaryl/α,β-unsaturated/α-hetero) is 1. The zero-order valence-electron chi connectivity index (χ0n) is 15.4. The van der Waals surface area contributed by atoms with Gasteiger partial charge in [0.1, 0.15) is 16.4 Å². The summed E-state index contributed by atoms with van der Waals surface area (Å²) in [5.74, 6) is -0.408. The first-order chi connectivity index (χ1) is 12.3. The van der Waals surface area contributed by atoms with Crippen LogP contribution in [-0.4, -0.2) is 33.3 Å². The molecule has 140 valence electrons. The minimum atomic E-state index is -0.568. The van der Waals surface area contributed by atoms with E-state index >= 15 is 0 Å². The Morgan fingerprint density at radius 1 is 1.23 bits per heavy atom. The van der Waals surface area contributed by atoms with Gasteiger partial charge >= 0.3 is 5.97 Å². The van der Waals surface area contributed by atoms with Gasteiger partial charge in [0.15, 0.2) is 5.78 Å². The van der Waals surface area contributed by atoms with E-state index in [1.54, 1.807) is 20.8 Å². The summed E-state index contributed by atoms with van der Waals surface area (Å²) >= 11 is 1.14. The van der Waals surface area contributed by atoms with Crippen molar-refractivity contribution in [2.75, 3.05) is 5.75 Å². The summed E-state index contributed by atoms with van der Waals surface area (Å²) < 4.78 is 5.31. The number of ether oxygens (including phenoxy) is 1. The van der Waals surface area contributed by atoms with Crippen LogP contribution < -0.4 is 0 Å². The minimum Gasteiger partial charge on any atom is -0.511 e. The molecule has 5 nitrogen and oxygen atoms in total. The maximum absolute atomic E-state index is 12.3. The van der Waals surface area contributed by atoms with E-state index in [9.17, 15) is 14.7 Å². The highest BCUT2D eigenvalue weighted by Gasteiger charge is 2.26. The molecule has 1 N–H and O–H groups in total. The third-order valence-corrected chi connectivity index (χ3v) is 4.58. The van der Waals surface area contributed by atoms with Crippen molar-refractivity contribution in [3.8, 4) is 0 Å². The van der Waals surface area contributed by atoms with Gasteiger partial charge in [-0.2, -0.15) is 0 Å². The molecule has 0 atom stereocenters. The van der Waals surface area contributed by atoms with Crippen molar-refractivity contribution in [2.24, 2.45) is 4.99 Å². The van der Waals surface area contributed by atoms with Gasteiger partial charge in [0.2, 0.25) is 0 Å². The Hall–Kier alpha value is -2.08. The molecule has 0 heterocycles. The van der Waals surface area contributed by atoms with Gasteiger partial charge in [-0.05, 0) is 32.8 Å². The lowest BCUT2D eigenvalue weighted by Gasteiger charge is -2.20. The Kier molecular flexibility index (Phi) is 7.03. The van der Waals surface area contributed by atoms with Crippen molar-refractivity contribution in [3.05, 3.63) is 47.2 Å². The molecule has 2 rings (SSSR count). The quantitative estimate of drug-likeness (QED) is 0.474. The molecule has 0 saturated heterocycles. The average Bonchev–Trinajstić information content (AvgIpc) is 2.56. The number of allylic oxidation sites excluding steroid dienone is 1. The summed E-state index contributed by atoms with van der Waals surface area (Å²) in [4.78, 5) is 28.8. The van der Waals surface area contributed by atoms with Crippen LogP contribution >= 0.6 is 11.8 Å². The van der Waals surface area contributed by atoms with Gasteiger partial charge in [-0.3, -0.25) is 14.6 Å². The van der Waals surface area contributed by atoms with Crippen LogP contribution in [0.15, 0.2) is 46.7 Å². The molecule has 0 fully saturated rings. The highest BCUT2D eigenvalue weighted by molar-refractivity contribution is 8.15. The second-order valence-corrected chi connectivity index (χ2v) is 8.04. The molecule has 0 spiro atoms. The van der Waals surface area contributed by atoms with Crippen molar-refractivity contribution in [1.29, 1.82) is 0 Å². The number of benzene rings is 1. The molecule has 6 heteroatoms. The van der Waals surface area contributed by atoms with Crippen molar-refractivity contribution in [2.45, 2.75) is 52.2 Å². The van der Waals surface area contributed by atoms with Crippen LogP contribution in [0, 0.1) is 0 Å². The summed E-state index contributed by atoms with van der Waals surface area (Å²) in [7, 11) is 0. The van der Waals surface area contributed by atoms with Crippen LogP contribution in [-0.2, 0) is 20.9 Å². The fourth-order valence-corrected chi connectivity index (χ4v) is 3.36. The summed E-state index contributed by atoms with van der Waals surface area (Å²) in [6.45, 7) is 5.79. The van der Waals surface area contributed by atoms with Crippen molar-refractivity contribution in [3.63, 3.8) is 0 Å². The Morgan fingerprint density at radius 3 is 2.54 bits per heavy atom. The van der Waals surface area contributed by atoms with Crippen LogP contribution in [0.2, 0.25) is 0 Å². The summed E-state index contributed by atoms with van der Waals surface area (Å²) in [5.41, 5.74) is 0.674. The van der Waals surface area contributed by atoms with Gasteiger partial charge in [0.05, 0.1) is 17.9 Å². The lowest BCUT2D eigenvalue weighted by Crippen LogP contribution is -2.26. The van der Waals surface area contributed by atoms with E-state index in [1.807, 2.05) is 30.3 Å². The van der Waals surface area contributed by atoms with E-state index < -0.39 is 5.60 Å². The monoisotopic (exact) mass is 375 g/mol. The number of rotatable bonds is 5. The molecule has 0 amide bonds. The van der Waals surface area contributed by atoms with E-state index in [0.717, 1.165) is 17.3 Å². The highest BCUT2D eigenvalue weighted by atomic mass is 32.2. The largest absolute Gasteiger partial charge is 0.511 e. The lowest BCUT2D eigenvalue weighted by molar-refractivity contribution is -0.151. The number of esters is 1. The van der Waals surface area contributed by atoms with Crippen LogP contribution in [0.3, 0.4) is 0 Å². The van der Waals surface area contributed by atoms with Gasteiger partial charge in [-0.15, -0.1) is 0 Å². The van der Waals surface area contributed by atoms with Gasteiger partial charge in [0.25, 0.3) is 0 Å². The summed E-state index contributed by atoms with van der Waals surface area (Å²) in [6, 6.07) is 9.64. The number of carbonyl (C=O) groups is 2. The van der Waals surface area contributed by atoms with Crippen LogP contribution in [0.4, 0.5) is 0 Å². The number of ketones is 1. The molecule has 1 aromatic rings. The maximum atomic E-state index is 12.3. The van der Waals surface area contributed by atoms with Crippen LogP contribution in [0.1, 0.15) is 45.6 Å². The van der Waals surface area contributed by atoms with Gasteiger partial charge < -0.3 is 9.84 Å². The second kappa shape index (κ2) is 9.03. The van der Waals surface area contributed by atoms with Gasteiger partial charge in [-0.1, -0.05) is 42.1 Å². The molecule has 0 aliphatic heterocycles. The molecule has 0 radical (unpaired) electrons. The van der Waals surface area contributed by atoms with E-state index in [2.05, 4.69) is 4.99 Å².